The Morgan fingerprint density at radius 2 is 1.28 bits per heavy atom. The molecule has 0 fully saturated rings. The lowest BCUT2D eigenvalue weighted by atomic mass is 9.87. The van der Waals surface area contributed by atoms with Crippen molar-refractivity contribution >= 4 is 0 Å². The van der Waals surface area contributed by atoms with Gasteiger partial charge < -0.3 is 5.11 Å². The Morgan fingerprint density at radius 1 is 0.944 bits per heavy atom. The van der Waals surface area contributed by atoms with Gasteiger partial charge in [0.1, 0.15) is 0 Å². The number of hydrogen-bond acceptors (Lipinski definition) is 1. The van der Waals surface area contributed by atoms with Crippen LogP contribution >= 0.6 is 0 Å². The lowest BCUT2D eigenvalue weighted by Crippen LogP contribution is -2.57. The number of halogens is 6. The summed E-state index contributed by atoms with van der Waals surface area (Å²) in [5, 5.41) is 9.03. The molecule has 0 saturated heterocycles. The third-order valence-corrected chi connectivity index (χ3v) is 2.41. The predicted molar refractivity (Wildman–Crippen MR) is 54.9 cm³/mol. The highest BCUT2D eigenvalue weighted by atomic mass is 19.4. The van der Waals surface area contributed by atoms with Crippen molar-refractivity contribution in [1.82, 2.24) is 0 Å². The van der Waals surface area contributed by atoms with Gasteiger partial charge in [-0.15, -0.1) is 0 Å². The van der Waals surface area contributed by atoms with Crippen LogP contribution in [0, 0.1) is 5.41 Å². The summed E-state index contributed by atoms with van der Waals surface area (Å²) in [7, 11) is 0. The number of allylic oxidation sites excluding steroid dienone is 1. The van der Waals surface area contributed by atoms with E-state index in [1.807, 2.05) is 0 Å². The Bertz CT molecular complexity index is 304. The summed E-state index contributed by atoms with van der Waals surface area (Å²) in [6, 6.07) is 0. The van der Waals surface area contributed by atoms with Gasteiger partial charge in [-0.3, -0.25) is 0 Å². The van der Waals surface area contributed by atoms with Gasteiger partial charge in [-0.2, -0.15) is 26.3 Å². The summed E-state index contributed by atoms with van der Waals surface area (Å²) in [5.41, 5.74) is -6.41. The Balaban J connectivity index is 5.52. The van der Waals surface area contributed by atoms with Crippen LogP contribution in [0.3, 0.4) is 0 Å². The Labute approximate surface area is 101 Å². The van der Waals surface area contributed by atoms with E-state index in [0.29, 0.717) is 6.92 Å². The van der Waals surface area contributed by atoms with Crippen LogP contribution in [0.4, 0.5) is 26.3 Å². The van der Waals surface area contributed by atoms with E-state index in [0.717, 1.165) is 6.08 Å². The van der Waals surface area contributed by atoms with Gasteiger partial charge in [-0.1, -0.05) is 26.8 Å². The van der Waals surface area contributed by atoms with Crippen LogP contribution in [-0.4, -0.2) is 23.1 Å². The van der Waals surface area contributed by atoms with Gasteiger partial charge in [0.2, 0.25) is 0 Å². The number of alkyl halides is 6. The van der Waals surface area contributed by atoms with Gasteiger partial charge in [-0.25, -0.2) is 0 Å². The molecule has 108 valence electrons. The molecular weight excluding hydrogens is 262 g/mol. The molecule has 18 heavy (non-hydrogen) atoms. The molecule has 0 aromatic carbocycles. The summed E-state index contributed by atoms with van der Waals surface area (Å²) in [6.07, 6.45) is -10.8. The molecule has 0 aromatic heterocycles. The highest BCUT2D eigenvalue weighted by Gasteiger charge is 2.71. The van der Waals surface area contributed by atoms with Crippen molar-refractivity contribution in [2.75, 3.05) is 0 Å². The van der Waals surface area contributed by atoms with Gasteiger partial charge in [0, 0.05) is 0 Å². The molecule has 0 bridgehead atoms. The maximum absolute atomic E-state index is 12.5. The van der Waals surface area contributed by atoms with Crippen molar-refractivity contribution in [2.24, 2.45) is 5.41 Å². The topological polar surface area (TPSA) is 20.2 Å². The largest absolute Gasteiger partial charge is 0.430 e. The molecule has 0 rings (SSSR count). The molecule has 0 spiro atoms. The third-order valence-electron chi connectivity index (χ3n) is 2.41. The fraction of sp³-hybridized carbons (Fsp3) is 0.818. The second-order valence-corrected chi connectivity index (χ2v) is 5.36. The van der Waals surface area contributed by atoms with Crippen LogP contribution in [0.25, 0.3) is 0 Å². The molecule has 0 saturated carbocycles. The van der Waals surface area contributed by atoms with E-state index in [-0.39, 0.29) is 6.42 Å². The van der Waals surface area contributed by atoms with E-state index in [4.69, 9.17) is 5.11 Å². The van der Waals surface area contributed by atoms with E-state index in [9.17, 15) is 26.3 Å². The summed E-state index contributed by atoms with van der Waals surface area (Å²) < 4.78 is 74.8. The second-order valence-electron chi connectivity index (χ2n) is 5.36. The minimum Gasteiger partial charge on any atom is -0.370 e. The fourth-order valence-corrected chi connectivity index (χ4v) is 1.21. The fourth-order valence-electron chi connectivity index (χ4n) is 1.21. The van der Waals surface area contributed by atoms with Crippen LogP contribution in [0.5, 0.6) is 0 Å². The lowest BCUT2D eigenvalue weighted by Gasteiger charge is -2.33. The molecule has 0 unspecified atom stereocenters. The van der Waals surface area contributed by atoms with Crippen LogP contribution in [-0.2, 0) is 0 Å². The van der Waals surface area contributed by atoms with Gasteiger partial charge in [0.25, 0.3) is 5.60 Å². The zero-order valence-corrected chi connectivity index (χ0v) is 10.5. The molecule has 0 aliphatic carbocycles. The predicted octanol–water partition coefficient (Wildman–Crippen LogP) is 4.22. The zero-order chi connectivity index (χ0) is 15.0. The Morgan fingerprint density at radius 3 is 1.50 bits per heavy atom. The van der Waals surface area contributed by atoms with Crippen molar-refractivity contribution < 1.29 is 31.4 Å². The molecule has 0 heterocycles. The number of rotatable bonds is 2. The van der Waals surface area contributed by atoms with Gasteiger partial charge >= 0.3 is 12.4 Å². The molecule has 0 atom stereocenters. The van der Waals surface area contributed by atoms with Crippen LogP contribution in [0.15, 0.2) is 11.6 Å². The van der Waals surface area contributed by atoms with Gasteiger partial charge in [0.15, 0.2) is 0 Å². The van der Waals surface area contributed by atoms with Gasteiger partial charge in [0.05, 0.1) is 0 Å². The summed E-state index contributed by atoms with van der Waals surface area (Å²) in [5.74, 6) is 0. The molecule has 0 aromatic rings. The molecule has 0 amide bonds. The van der Waals surface area contributed by atoms with Crippen molar-refractivity contribution in [3.05, 3.63) is 11.6 Å². The van der Waals surface area contributed by atoms with E-state index in [1.165, 1.54) is 0 Å². The third kappa shape index (κ3) is 3.63. The first kappa shape index (κ1) is 17.3. The van der Waals surface area contributed by atoms with Crippen LogP contribution in [0.1, 0.15) is 34.1 Å². The van der Waals surface area contributed by atoms with E-state index >= 15 is 0 Å². The van der Waals surface area contributed by atoms with Gasteiger partial charge in [-0.05, 0) is 24.3 Å². The van der Waals surface area contributed by atoms with Crippen molar-refractivity contribution in [3.63, 3.8) is 0 Å². The molecule has 0 aliphatic rings. The van der Waals surface area contributed by atoms with E-state index in [1.54, 1.807) is 20.8 Å². The van der Waals surface area contributed by atoms with Crippen molar-refractivity contribution in [2.45, 2.75) is 52.1 Å². The standard InChI is InChI=1S/C11H16F6O/c1-7(5-6-8(2,3)4)9(18,10(12,13)14)11(15,16)17/h5,18H,6H2,1-4H3/b7-5+. The maximum atomic E-state index is 12.5. The lowest BCUT2D eigenvalue weighted by molar-refractivity contribution is -0.352. The average molecular weight is 278 g/mol. The second kappa shape index (κ2) is 4.75. The Kier molecular flexibility index (Phi) is 4.56. The summed E-state index contributed by atoms with van der Waals surface area (Å²) in [4.78, 5) is 0. The van der Waals surface area contributed by atoms with E-state index in [2.05, 4.69) is 0 Å². The number of aliphatic hydroxyl groups is 1. The van der Waals surface area contributed by atoms with Crippen molar-refractivity contribution in [3.8, 4) is 0 Å². The molecule has 1 N–H and O–H groups in total. The van der Waals surface area contributed by atoms with Crippen LogP contribution < -0.4 is 0 Å². The SMILES string of the molecule is C/C(=C\CC(C)(C)C)C(O)(C(F)(F)F)C(F)(F)F. The summed E-state index contributed by atoms with van der Waals surface area (Å²) >= 11 is 0. The molecule has 0 aliphatic heterocycles. The monoisotopic (exact) mass is 278 g/mol. The normalized spacial score (nSPS) is 16.1. The first-order valence-corrected chi connectivity index (χ1v) is 5.16. The zero-order valence-electron chi connectivity index (χ0n) is 10.5. The molecular formula is C11H16F6O. The summed E-state index contributed by atoms with van der Waals surface area (Å²) in [6.45, 7) is 5.62. The number of hydrogen-bond donors (Lipinski definition) is 1. The highest BCUT2D eigenvalue weighted by molar-refractivity contribution is 5.21. The minimum absolute atomic E-state index is 0.00664. The molecule has 7 heteroatoms. The Hall–Kier alpha value is -0.720. The quantitative estimate of drug-likeness (QED) is 0.592. The maximum Gasteiger partial charge on any atom is 0.430 e. The van der Waals surface area contributed by atoms with Crippen molar-refractivity contribution in [1.29, 1.82) is 0 Å². The minimum atomic E-state index is -5.80. The first-order valence-electron chi connectivity index (χ1n) is 5.16. The average Bonchev–Trinajstić information content (AvgIpc) is 2.07. The van der Waals surface area contributed by atoms with Crippen LogP contribution in [0.2, 0.25) is 0 Å². The smallest absolute Gasteiger partial charge is 0.370 e. The molecule has 0 radical (unpaired) electrons. The van der Waals surface area contributed by atoms with E-state index < -0.39 is 28.9 Å². The highest BCUT2D eigenvalue weighted by Crippen LogP contribution is 2.47. The molecule has 1 nitrogen and oxygen atoms in total. The first-order chi connectivity index (χ1) is 7.63.